The Labute approximate surface area is 172 Å². The lowest BCUT2D eigenvalue weighted by atomic mass is 9.91. The molecule has 0 bridgehead atoms. The maximum absolute atomic E-state index is 12.8. The maximum atomic E-state index is 12.8. The minimum absolute atomic E-state index is 0.0447. The number of morpholine rings is 1. The number of nitrogens with one attached hydrogen (secondary N) is 1. The van der Waals surface area contributed by atoms with Crippen molar-refractivity contribution in [2.24, 2.45) is 0 Å². The summed E-state index contributed by atoms with van der Waals surface area (Å²) in [5.41, 5.74) is 0.956. The van der Waals surface area contributed by atoms with E-state index in [0.29, 0.717) is 32.6 Å². The van der Waals surface area contributed by atoms with Gasteiger partial charge in [0.05, 0.1) is 12.1 Å². The molecule has 7 nitrogen and oxygen atoms in total. The lowest BCUT2D eigenvalue weighted by Crippen LogP contribution is -2.63. The molecule has 0 aromatic heterocycles. The van der Waals surface area contributed by atoms with Crippen molar-refractivity contribution in [2.45, 2.75) is 43.7 Å². The lowest BCUT2D eigenvalue weighted by Gasteiger charge is -2.46. The number of benzene rings is 1. The van der Waals surface area contributed by atoms with Gasteiger partial charge in [0.1, 0.15) is 12.4 Å². The molecule has 3 heterocycles. The fourth-order valence-corrected chi connectivity index (χ4v) is 4.01. The normalized spacial score (nSPS) is 25.8. The number of hydrogen-bond acceptors (Lipinski definition) is 4. The number of likely N-dealkylation sites (tertiary alicyclic amines) is 2. The molecule has 1 aromatic rings. The highest BCUT2D eigenvalue weighted by atomic mass is 19.4. The molecule has 0 aliphatic carbocycles. The fourth-order valence-electron chi connectivity index (χ4n) is 4.01. The number of urea groups is 1. The van der Waals surface area contributed by atoms with Crippen LogP contribution >= 0.6 is 0 Å². The van der Waals surface area contributed by atoms with Crippen LogP contribution < -0.4 is 10.1 Å². The Morgan fingerprint density at radius 1 is 1.20 bits per heavy atom. The highest BCUT2D eigenvalue weighted by Crippen LogP contribution is 2.31. The van der Waals surface area contributed by atoms with Crippen LogP contribution in [0.25, 0.3) is 0 Å². The zero-order valence-electron chi connectivity index (χ0n) is 16.5. The van der Waals surface area contributed by atoms with Gasteiger partial charge in [-0.3, -0.25) is 4.79 Å². The average molecular weight is 427 g/mol. The van der Waals surface area contributed by atoms with Crippen molar-refractivity contribution in [1.82, 2.24) is 15.1 Å². The second-order valence-electron chi connectivity index (χ2n) is 8.01. The van der Waals surface area contributed by atoms with E-state index in [0.717, 1.165) is 12.5 Å². The second kappa shape index (κ2) is 7.98. The molecule has 0 saturated carbocycles. The third-order valence-corrected chi connectivity index (χ3v) is 5.87. The minimum atomic E-state index is -4.41. The third kappa shape index (κ3) is 4.33. The molecule has 3 aliphatic heterocycles. The van der Waals surface area contributed by atoms with Crippen molar-refractivity contribution in [1.29, 1.82) is 0 Å². The van der Waals surface area contributed by atoms with Gasteiger partial charge >= 0.3 is 12.2 Å². The molecule has 0 spiro atoms. The summed E-state index contributed by atoms with van der Waals surface area (Å²) < 4.78 is 48.2. The number of amides is 3. The van der Waals surface area contributed by atoms with Crippen LogP contribution in [-0.4, -0.2) is 79.0 Å². The van der Waals surface area contributed by atoms with E-state index in [-0.39, 0.29) is 42.4 Å². The summed E-state index contributed by atoms with van der Waals surface area (Å²) >= 11 is 0. The van der Waals surface area contributed by atoms with Gasteiger partial charge in [-0.15, -0.1) is 0 Å². The van der Waals surface area contributed by atoms with Crippen LogP contribution in [-0.2, 0) is 9.53 Å². The van der Waals surface area contributed by atoms with E-state index in [1.807, 2.05) is 0 Å². The third-order valence-electron chi connectivity index (χ3n) is 5.87. The standard InChI is InChI=1S/C20H24F3N3O4/c1-12(20(21,22)23)30-15-4-2-13(3-5-15)14-8-26(9-14)19(28)25-7-6-17-16(10-25)24-18(27)11-29-17/h2-5,12,14,16-17H,6-11H2,1H3,(H,24,27). The summed E-state index contributed by atoms with van der Waals surface area (Å²) in [5, 5.41) is 2.88. The lowest BCUT2D eigenvalue weighted by molar-refractivity contribution is -0.189. The summed E-state index contributed by atoms with van der Waals surface area (Å²) in [4.78, 5) is 27.7. The monoisotopic (exact) mass is 427 g/mol. The first-order chi connectivity index (χ1) is 14.2. The number of fused-ring (bicyclic) bond motifs is 1. The molecule has 0 radical (unpaired) electrons. The Morgan fingerprint density at radius 3 is 2.57 bits per heavy atom. The molecular weight excluding hydrogens is 403 g/mol. The van der Waals surface area contributed by atoms with E-state index in [9.17, 15) is 22.8 Å². The SMILES string of the molecule is CC(Oc1ccc(C2CN(C(=O)N3CCC4OCC(=O)NC4C3)C2)cc1)C(F)(F)F. The summed E-state index contributed by atoms with van der Waals surface area (Å²) in [6.07, 6.45) is -5.64. The topological polar surface area (TPSA) is 71.1 Å². The summed E-state index contributed by atoms with van der Waals surface area (Å²) in [6.45, 7) is 3.15. The molecule has 10 heteroatoms. The molecule has 3 aliphatic rings. The molecule has 1 N–H and O–H groups in total. The first-order valence-corrected chi connectivity index (χ1v) is 9.99. The Kier molecular flexibility index (Phi) is 5.52. The number of alkyl halides is 3. The Bertz CT molecular complexity index is 795. The number of carbonyl (C=O) groups excluding carboxylic acids is 2. The predicted molar refractivity (Wildman–Crippen MR) is 100 cm³/mol. The van der Waals surface area contributed by atoms with Crippen LogP contribution in [0.15, 0.2) is 24.3 Å². The van der Waals surface area contributed by atoms with E-state index in [4.69, 9.17) is 9.47 Å². The number of halogens is 3. The van der Waals surface area contributed by atoms with Gasteiger partial charge in [0, 0.05) is 32.1 Å². The quantitative estimate of drug-likeness (QED) is 0.803. The highest BCUT2D eigenvalue weighted by molar-refractivity contribution is 5.79. The number of hydrogen-bond donors (Lipinski definition) is 1. The fraction of sp³-hybridized carbons (Fsp3) is 0.600. The van der Waals surface area contributed by atoms with Gasteiger partial charge in [0.2, 0.25) is 5.91 Å². The van der Waals surface area contributed by atoms with Crippen molar-refractivity contribution < 1.29 is 32.2 Å². The molecule has 3 unspecified atom stereocenters. The van der Waals surface area contributed by atoms with Crippen molar-refractivity contribution in [3.8, 4) is 5.75 Å². The molecular formula is C20H24F3N3O4. The van der Waals surface area contributed by atoms with Gasteiger partial charge in [-0.2, -0.15) is 13.2 Å². The Balaban J connectivity index is 1.27. The average Bonchev–Trinajstić information content (AvgIpc) is 2.66. The summed E-state index contributed by atoms with van der Waals surface area (Å²) in [5.74, 6) is 0.139. The summed E-state index contributed by atoms with van der Waals surface area (Å²) in [7, 11) is 0. The molecule has 3 atom stereocenters. The van der Waals surface area contributed by atoms with Crippen molar-refractivity contribution in [3.63, 3.8) is 0 Å². The van der Waals surface area contributed by atoms with E-state index < -0.39 is 12.3 Å². The molecule has 30 heavy (non-hydrogen) atoms. The zero-order valence-corrected chi connectivity index (χ0v) is 16.5. The number of carbonyl (C=O) groups is 2. The minimum Gasteiger partial charge on any atom is -0.481 e. The van der Waals surface area contributed by atoms with E-state index >= 15 is 0 Å². The van der Waals surface area contributed by atoms with E-state index in [2.05, 4.69) is 5.32 Å². The first kappa shape index (κ1) is 20.8. The second-order valence-corrected chi connectivity index (χ2v) is 8.01. The van der Waals surface area contributed by atoms with Crippen LogP contribution in [0, 0.1) is 0 Å². The molecule has 3 saturated heterocycles. The van der Waals surface area contributed by atoms with Gasteiger partial charge in [-0.25, -0.2) is 4.79 Å². The van der Waals surface area contributed by atoms with Crippen LogP contribution in [0.5, 0.6) is 5.75 Å². The molecule has 4 rings (SSSR count). The van der Waals surface area contributed by atoms with Gasteiger partial charge < -0.3 is 24.6 Å². The van der Waals surface area contributed by atoms with Crippen molar-refractivity contribution in [2.75, 3.05) is 32.8 Å². The van der Waals surface area contributed by atoms with Gasteiger partial charge in [0.25, 0.3) is 0 Å². The van der Waals surface area contributed by atoms with E-state index in [1.165, 1.54) is 12.1 Å². The van der Waals surface area contributed by atoms with Gasteiger partial charge in [-0.05, 0) is 31.0 Å². The van der Waals surface area contributed by atoms with Crippen molar-refractivity contribution in [3.05, 3.63) is 29.8 Å². The Morgan fingerprint density at radius 2 is 1.90 bits per heavy atom. The van der Waals surface area contributed by atoms with Gasteiger partial charge in [0.15, 0.2) is 6.10 Å². The molecule has 3 fully saturated rings. The summed E-state index contributed by atoms with van der Waals surface area (Å²) in [6, 6.07) is 6.30. The number of ether oxygens (including phenoxy) is 2. The van der Waals surface area contributed by atoms with Gasteiger partial charge in [-0.1, -0.05) is 12.1 Å². The zero-order chi connectivity index (χ0) is 21.5. The smallest absolute Gasteiger partial charge is 0.425 e. The van der Waals surface area contributed by atoms with Crippen LogP contribution in [0.2, 0.25) is 0 Å². The number of piperidine rings is 1. The largest absolute Gasteiger partial charge is 0.481 e. The van der Waals surface area contributed by atoms with Crippen LogP contribution in [0.3, 0.4) is 0 Å². The van der Waals surface area contributed by atoms with Crippen molar-refractivity contribution >= 4 is 11.9 Å². The first-order valence-electron chi connectivity index (χ1n) is 9.99. The van der Waals surface area contributed by atoms with Crippen LogP contribution in [0.4, 0.5) is 18.0 Å². The van der Waals surface area contributed by atoms with E-state index in [1.54, 1.807) is 21.9 Å². The predicted octanol–water partition coefficient (Wildman–Crippen LogP) is 2.12. The number of rotatable bonds is 3. The molecule has 1 aromatic carbocycles. The highest BCUT2D eigenvalue weighted by Gasteiger charge is 2.40. The molecule has 3 amide bonds. The Hall–Kier alpha value is -2.49. The maximum Gasteiger partial charge on any atom is 0.425 e. The molecule has 164 valence electrons. The van der Waals surface area contributed by atoms with Crippen LogP contribution in [0.1, 0.15) is 24.8 Å². The number of nitrogens with zero attached hydrogens (tertiary/aromatic N) is 2.